The van der Waals surface area contributed by atoms with Gasteiger partial charge in [-0.05, 0) is 36.0 Å². The molecule has 3 heterocycles. The molecule has 7 heteroatoms. The molecular formula is C19H9FN2O3S. The second-order valence-corrected chi connectivity index (χ2v) is 6.38. The topological polar surface area (TPSA) is 72.2 Å². The molecule has 0 radical (unpaired) electrons. The molecule has 4 rings (SSSR count). The minimum absolute atomic E-state index is 0.259. The van der Waals surface area contributed by atoms with Crippen molar-refractivity contribution in [3.8, 4) is 11.8 Å². The highest BCUT2D eigenvalue weighted by atomic mass is 32.2. The van der Waals surface area contributed by atoms with Gasteiger partial charge in [-0.3, -0.25) is 19.9 Å². The van der Waals surface area contributed by atoms with Gasteiger partial charge < -0.3 is 4.42 Å². The van der Waals surface area contributed by atoms with Crippen molar-refractivity contribution in [1.29, 1.82) is 0 Å². The van der Waals surface area contributed by atoms with Crippen molar-refractivity contribution in [2.24, 2.45) is 0 Å². The SMILES string of the molecule is O=C1NC(=O)/C(=C\c2cc3cncc(C#Cc4cccc(F)c4)c3o2)S1. The maximum absolute atomic E-state index is 13.2. The number of pyridine rings is 1. The van der Waals surface area contributed by atoms with E-state index in [9.17, 15) is 14.0 Å². The first-order valence-electron chi connectivity index (χ1n) is 7.48. The number of thioether (sulfide) groups is 1. The molecule has 1 saturated heterocycles. The number of halogens is 1. The van der Waals surface area contributed by atoms with Gasteiger partial charge >= 0.3 is 0 Å². The number of rotatable bonds is 1. The fraction of sp³-hybridized carbons (Fsp3) is 0. The zero-order chi connectivity index (χ0) is 18.1. The molecule has 0 atom stereocenters. The highest BCUT2D eigenvalue weighted by Gasteiger charge is 2.25. The first-order chi connectivity index (χ1) is 12.6. The Labute approximate surface area is 151 Å². The lowest BCUT2D eigenvalue weighted by Gasteiger charge is -1.93. The van der Waals surface area contributed by atoms with Crippen LogP contribution in [0.2, 0.25) is 0 Å². The second-order valence-electron chi connectivity index (χ2n) is 5.37. The fourth-order valence-electron chi connectivity index (χ4n) is 2.40. The van der Waals surface area contributed by atoms with Crippen molar-refractivity contribution >= 4 is 40.0 Å². The zero-order valence-corrected chi connectivity index (χ0v) is 13.9. The van der Waals surface area contributed by atoms with Crippen LogP contribution in [0.15, 0.2) is 52.0 Å². The smallest absolute Gasteiger partial charge is 0.290 e. The van der Waals surface area contributed by atoms with Crippen molar-refractivity contribution < 1.29 is 18.4 Å². The van der Waals surface area contributed by atoms with E-state index in [2.05, 4.69) is 22.1 Å². The highest BCUT2D eigenvalue weighted by Crippen LogP contribution is 2.28. The number of benzene rings is 1. The molecule has 1 N–H and O–H groups in total. The Kier molecular flexibility index (Phi) is 4.03. The van der Waals surface area contributed by atoms with Gasteiger partial charge in [0.2, 0.25) is 0 Å². The summed E-state index contributed by atoms with van der Waals surface area (Å²) < 4.78 is 19.0. The zero-order valence-electron chi connectivity index (χ0n) is 13.1. The molecule has 5 nitrogen and oxygen atoms in total. The third kappa shape index (κ3) is 3.23. The predicted molar refractivity (Wildman–Crippen MR) is 95.5 cm³/mol. The van der Waals surface area contributed by atoms with E-state index in [4.69, 9.17) is 4.42 Å². The summed E-state index contributed by atoms with van der Waals surface area (Å²) in [7, 11) is 0. The average Bonchev–Trinajstić information content (AvgIpc) is 3.15. The molecule has 0 bridgehead atoms. The van der Waals surface area contributed by atoms with Crippen LogP contribution in [-0.4, -0.2) is 16.1 Å². The average molecular weight is 364 g/mol. The van der Waals surface area contributed by atoms with Gasteiger partial charge in [-0.25, -0.2) is 4.39 Å². The highest BCUT2D eigenvalue weighted by molar-refractivity contribution is 8.18. The largest absolute Gasteiger partial charge is 0.455 e. The van der Waals surface area contributed by atoms with Crippen LogP contribution in [0.5, 0.6) is 0 Å². The number of carbonyl (C=O) groups is 2. The minimum atomic E-state index is -0.454. The Balaban J connectivity index is 1.72. The van der Waals surface area contributed by atoms with E-state index >= 15 is 0 Å². The summed E-state index contributed by atoms with van der Waals surface area (Å²) in [6.45, 7) is 0. The molecule has 1 fully saturated rings. The van der Waals surface area contributed by atoms with Crippen LogP contribution < -0.4 is 5.32 Å². The van der Waals surface area contributed by atoms with E-state index in [0.29, 0.717) is 27.9 Å². The minimum Gasteiger partial charge on any atom is -0.455 e. The molecule has 0 aliphatic carbocycles. The number of hydrogen-bond acceptors (Lipinski definition) is 5. The van der Waals surface area contributed by atoms with Crippen LogP contribution in [0.4, 0.5) is 9.18 Å². The number of carbonyl (C=O) groups excluding carboxylic acids is 2. The normalized spacial score (nSPS) is 15.2. The second kappa shape index (κ2) is 6.50. The fourth-order valence-corrected chi connectivity index (χ4v) is 3.06. The van der Waals surface area contributed by atoms with Gasteiger partial charge in [0.25, 0.3) is 11.1 Å². The van der Waals surface area contributed by atoms with E-state index in [1.165, 1.54) is 18.2 Å². The summed E-state index contributed by atoms with van der Waals surface area (Å²) >= 11 is 0.814. The van der Waals surface area contributed by atoms with Crippen molar-refractivity contribution in [3.05, 3.63) is 70.3 Å². The molecule has 0 saturated carbocycles. The van der Waals surface area contributed by atoms with Gasteiger partial charge in [0.15, 0.2) is 5.58 Å². The lowest BCUT2D eigenvalue weighted by atomic mass is 10.2. The van der Waals surface area contributed by atoms with Gasteiger partial charge in [0.1, 0.15) is 11.6 Å². The summed E-state index contributed by atoms with van der Waals surface area (Å²) in [5.74, 6) is 5.39. The van der Waals surface area contributed by atoms with Crippen molar-refractivity contribution in [1.82, 2.24) is 10.3 Å². The van der Waals surface area contributed by atoms with Crippen LogP contribution in [-0.2, 0) is 4.79 Å². The van der Waals surface area contributed by atoms with Gasteiger partial charge in [-0.1, -0.05) is 17.9 Å². The molecule has 1 aliphatic rings. The van der Waals surface area contributed by atoms with E-state index in [0.717, 1.165) is 11.8 Å². The lowest BCUT2D eigenvalue weighted by Crippen LogP contribution is -2.17. The predicted octanol–water partition coefficient (Wildman–Crippen LogP) is 3.69. The van der Waals surface area contributed by atoms with Crippen LogP contribution in [0.25, 0.3) is 17.0 Å². The Bertz CT molecular complexity index is 1150. The first kappa shape index (κ1) is 16.1. The number of fused-ring (bicyclic) bond motifs is 1. The number of nitrogens with zero attached hydrogens (tertiary/aromatic N) is 1. The summed E-state index contributed by atoms with van der Waals surface area (Å²) in [5, 5.41) is 2.48. The summed E-state index contributed by atoms with van der Waals surface area (Å²) in [4.78, 5) is 27.2. The molecule has 3 aromatic rings. The number of nitrogens with one attached hydrogen (secondary N) is 1. The quantitative estimate of drug-likeness (QED) is 0.527. The van der Waals surface area contributed by atoms with Gasteiger partial charge in [0.05, 0.1) is 10.5 Å². The molecular weight excluding hydrogens is 355 g/mol. The van der Waals surface area contributed by atoms with E-state index < -0.39 is 11.1 Å². The van der Waals surface area contributed by atoms with Gasteiger partial charge in [0, 0.05) is 29.4 Å². The lowest BCUT2D eigenvalue weighted by molar-refractivity contribution is -0.115. The number of hydrogen-bond donors (Lipinski definition) is 1. The molecule has 1 aliphatic heterocycles. The van der Waals surface area contributed by atoms with Crippen molar-refractivity contribution in [2.75, 3.05) is 0 Å². The van der Waals surface area contributed by atoms with Crippen molar-refractivity contribution in [2.45, 2.75) is 0 Å². The van der Waals surface area contributed by atoms with Gasteiger partial charge in [-0.2, -0.15) is 0 Å². The van der Waals surface area contributed by atoms with Crippen LogP contribution >= 0.6 is 11.8 Å². The third-order valence-corrected chi connectivity index (χ3v) is 4.33. The van der Waals surface area contributed by atoms with Gasteiger partial charge in [-0.15, -0.1) is 0 Å². The number of imide groups is 1. The maximum atomic E-state index is 13.2. The summed E-state index contributed by atoms with van der Waals surface area (Å²) in [6, 6.07) is 7.68. The Morgan fingerprint density at radius 2 is 2.08 bits per heavy atom. The standard InChI is InChI=1S/C19H9FN2O3S/c20-14-3-1-2-11(6-14)4-5-12-9-21-10-13-7-15(25-17(12)13)8-16-18(23)22-19(24)26-16/h1-3,6-10H,(H,22,23,24)/b16-8+. The molecule has 2 aromatic heterocycles. The summed E-state index contributed by atoms with van der Waals surface area (Å²) in [5.41, 5.74) is 1.58. The van der Waals surface area contributed by atoms with Crippen LogP contribution in [0, 0.1) is 17.7 Å². The summed E-state index contributed by atoms with van der Waals surface area (Å²) in [6.07, 6.45) is 4.66. The number of aromatic nitrogens is 1. The Morgan fingerprint density at radius 3 is 2.85 bits per heavy atom. The van der Waals surface area contributed by atoms with Crippen LogP contribution in [0.1, 0.15) is 16.9 Å². The molecule has 1 aromatic carbocycles. The van der Waals surface area contributed by atoms with E-state index in [-0.39, 0.29) is 10.7 Å². The number of amides is 2. The van der Waals surface area contributed by atoms with Crippen LogP contribution in [0.3, 0.4) is 0 Å². The molecule has 126 valence electrons. The molecule has 2 amide bonds. The van der Waals surface area contributed by atoms with Crippen molar-refractivity contribution in [3.63, 3.8) is 0 Å². The molecule has 26 heavy (non-hydrogen) atoms. The Hall–Kier alpha value is -3.37. The number of furan rings is 1. The maximum Gasteiger partial charge on any atom is 0.290 e. The third-order valence-electron chi connectivity index (χ3n) is 3.52. The first-order valence-corrected chi connectivity index (χ1v) is 8.30. The van der Waals surface area contributed by atoms with E-state index in [1.807, 2.05) is 0 Å². The van der Waals surface area contributed by atoms with E-state index in [1.54, 1.807) is 30.6 Å². The molecule has 0 unspecified atom stereocenters. The molecule has 0 spiro atoms. The monoisotopic (exact) mass is 364 g/mol. The Morgan fingerprint density at radius 1 is 1.19 bits per heavy atom.